The van der Waals surface area contributed by atoms with Crippen molar-refractivity contribution in [3.05, 3.63) is 35.9 Å². The Hall–Kier alpha value is -1.93. The fraction of sp³-hybridized carbons (Fsp3) is 0.556. The highest BCUT2D eigenvalue weighted by molar-refractivity contribution is 7.89. The van der Waals surface area contributed by atoms with Gasteiger partial charge in [-0.1, -0.05) is 30.3 Å². The molecule has 144 valence electrons. The zero-order valence-corrected chi connectivity index (χ0v) is 15.7. The highest BCUT2D eigenvalue weighted by Gasteiger charge is 2.31. The number of carboxylic acids is 1. The first-order valence-electron chi connectivity index (χ1n) is 8.88. The van der Waals surface area contributed by atoms with E-state index in [2.05, 4.69) is 5.32 Å². The number of sulfonamides is 1. The average Bonchev–Trinajstić information content (AvgIpc) is 2.65. The van der Waals surface area contributed by atoms with E-state index in [1.807, 2.05) is 30.3 Å². The molecule has 2 N–H and O–H groups in total. The first-order chi connectivity index (χ1) is 12.3. The molecule has 1 aromatic carbocycles. The van der Waals surface area contributed by atoms with Crippen LogP contribution >= 0.6 is 0 Å². The average molecular weight is 382 g/mol. The summed E-state index contributed by atoms with van der Waals surface area (Å²) in [5, 5.41) is 11.9. The van der Waals surface area contributed by atoms with Gasteiger partial charge in [0.15, 0.2) is 0 Å². The molecule has 2 rings (SSSR count). The molecule has 1 amide bonds. The van der Waals surface area contributed by atoms with E-state index in [1.54, 1.807) is 6.92 Å². The minimum atomic E-state index is -3.22. The van der Waals surface area contributed by atoms with Gasteiger partial charge in [0, 0.05) is 25.4 Å². The Labute approximate surface area is 154 Å². The molecule has 0 radical (unpaired) electrons. The van der Waals surface area contributed by atoms with Crippen LogP contribution in [0, 0.1) is 5.92 Å². The number of nitrogens with zero attached hydrogens (tertiary/aromatic N) is 1. The zero-order chi connectivity index (χ0) is 19.2. The number of amides is 1. The van der Waals surface area contributed by atoms with Gasteiger partial charge in [0.25, 0.3) is 0 Å². The second-order valence-corrected chi connectivity index (χ2v) is 8.74. The number of rotatable bonds is 8. The summed E-state index contributed by atoms with van der Waals surface area (Å²) in [5.74, 6) is -1.24. The van der Waals surface area contributed by atoms with Gasteiger partial charge in [-0.3, -0.25) is 9.59 Å². The standard InChI is InChI=1S/C18H26N2O5S/c1-2-26(24,25)20-12-10-15(11-13-20)18(23)19-16(8-9-17(21)22)14-6-4-3-5-7-14/h3-7,15-16H,2,8-13H2,1H3,(H,19,23)(H,21,22). The molecule has 7 nitrogen and oxygen atoms in total. The maximum Gasteiger partial charge on any atom is 0.303 e. The molecule has 8 heteroatoms. The lowest BCUT2D eigenvalue weighted by Crippen LogP contribution is -2.44. The number of carboxylic acid groups (broad SMARTS) is 1. The Balaban J connectivity index is 1.98. The fourth-order valence-electron chi connectivity index (χ4n) is 3.14. The van der Waals surface area contributed by atoms with Crippen LogP contribution in [-0.4, -0.2) is 48.5 Å². The molecular weight excluding hydrogens is 356 g/mol. The molecule has 1 heterocycles. The van der Waals surface area contributed by atoms with Crippen molar-refractivity contribution < 1.29 is 23.1 Å². The van der Waals surface area contributed by atoms with Crippen LogP contribution in [0.1, 0.15) is 44.2 Å². The van der Waals surface area contributed by atoms with Gasteiger partial charge >= 0.3 is 5.97 Å². The summed E-state index contributed by atoms with van der Waals surface area (Å²) in [5.41, 5.74) is 0.869. The van der Waals surface area contributed by atoms with Crippen LogP contribution in [0.15, 0.2) is 30.3 Å². The minimum absolute atomic E-state index is 0.0347. The van der Waals surface area contributed by atoms with Crippen molar-refractivity contribution in [3.8, 4) is 0 Å². The Morgan fingerprint density at radius 2 is 1.85 bits per heavy atom. The highest BCUT2D eigenvalue weighted by atomic mass is 32.2. The molecule has 1 fully saturated rings. The summed E-state index contributed by atoms with van der Waals surface area (Å²) in [4.78, 5) is 23.5. The van der Waals surface area contributed by atoms with Gasteiger partial charge in [-0.2, -0.15) is 0 Å². The molecule has 26 heavy (non-hydrogen) atoms. The van der Waals surface area contributed by atoms with Gasteiger partial charge in [-0.05, 0) is 31.7 Å². The predicted molar refractivity (Wildman–Crippen MR) is 98.0 cm³/mol. The first kappa shape index (κ1) is 20.4. The van der Waals surface area contributed by atoms with E-state index in [0.717, 1.165) is 5.56 Å². The maximum absolute atomic E-state index is 12.6. The Kier molecular flexibility index (Phi) is 7.16. The molecular formula is C18H26N2O5S. The second-order valence-electron chi connectivity index (χ2n) is 6.48. The van der Waals surface area contributed by atoms with E-state index in [1.165, 1.54) is 4.31 Å². The van der Waals surface area contributed by atoms with Crippen molar-refractivity contribution in [2.24, 2.45) is 5.92 Å². The number of carbonyl (C=O) groups is 2. The molecule has 1 aliphatic rings. The van der Waals surface area contributed by atoms with Crippen LogP contribution in [0.3, 0.4) is 0 Å². The third-order valence-electron chi connectivity index (χ3n) is 4.75. The molecule has 1 atom stereocenters. The van der Waals surface area contributed by atoms with E-state index in [-0.39, 0.29) is 30.0 Å². The molecule has 0 spiro atoms. The number of piperidine rings is 1. The summed E-state index contributed by atoms with van der Waals surface area (Å²) in [7, 11) is -3.22. The lowest BCUT2D eigenvalue weighted by Gasteiger charge is -2.31. The van der Waals surface area contributed by atoms with Gasteiger partial charge in [0.1, 0.15) is 0 Å². The van der Waals surface area contributed by atoms with Gasteiger partial charge in [0.05, 0.1) is 11.8 Å². The van der Waals surface area contributed by atoms with Crippen molar-refractivity contribution in [1.29, 1.82) is 0 Å². The maximum atomic E-state index is 12.6. The Bertz CT molecular complexity index is 712. The summed E-state index contributed by atoms with van der Waals surface area (Å²) >= 11 is 0. The Morgan fingerprint density at radius 1 is 1.23 bits per heavy atom. The molecule has 0 aliphatic carbocycles. The smallest absolute Gasteiger partial charge is 0.303 e. The number of nitrogens with one attached hydrogen (secondary N) is 1. The molecule has 1 saturated heterocycles. The van der Waals surface area contributed by atoms with Crippen molar-refractivity contribution >= 4 is 21.9 Å². The number of aliphatic carboxylic acids is 1. The SMILES string of the molecule is CCS(=O)(=O)N1CCC(C(=O)NC(CCC(=O)O)c2ccccc2)CC1. The molecule has 0 bridgehead atoms. The Morgan fingerprint density at radius 3 is 2.38 bits per heavy atom. The lowest BCUT2D eigenvalue weighted by atomic mass is 9.95. The topological polar surface area (TPSA) is 104 Å². The summed E-state index contributed by atoms with van der Waals surface area (Å²) < 4.78 is 25.3. The number of carbonyl (C=O) groups excluding carboxylic acids is 1. The quantitative estimate of drug-likeness (QED) is 0.713. The first-order valence-corrected chi connectivity index (χ1v) is 10.5. The summed E-state index contributed by atoms with van der Waals surface area (Å²) in [6.07, 6.45) is 1.23. The van der Waals surface area contributed by atoms with Gasteiger partial charge < -0.3 is 10.4 Å². The van der Waals surface area contributed by atoms with Gasteiger partial charge in [0.2, 0.25) is 15.9 Å². The van der Waals surface area contributed by atoms with E-state index in [4.69, 9.17) is 5.11 Å². The van der Waals surface area contributed by atoms with Crippen molar-refractivity contribution in [2.75, 3.05) is 18.8 Å². The van der Waals surface area contributed by atoms with E-state index >= 15 is 0 Å². The highest BCUT2D eigenvalue weighted by Crippen LogP contribution is 2.23. The third kappa shape index (κ3) is 5.54. The number of hydrogen-bond acceptors (Lipinski definition) is 4. The van der Waals surface area contributed by atoms with Crippen LogP contribution in [0.2, 0.25) is 0 Å². The minimum Gasteiger partial charge on any atom is -0.481 e. The molecule has 0 aromatic heterocycles. The fourth-order valence-corrected chi connectivity index (χ4v) is 4.28. The van der Waals surface area contributed by atoms with Crippen molar-refractivity contribution in [2.45, 2.75) is 38.6 Å². The van der Waals surface area contributed by atoms with E-state index < -0.39 is 16.0 Å². The monoisotopic (exact) mass is 382 g/mol. The largest absolute Gasteiger partial charge is 0.481 e. The van der Waals surface area contributed by atoms with Crippen LogP contribution in [0.5, 0.6) is 0 Å². The lowest BCUT2D eigenvalue weighted by molar-refractivity contribution is -0.137. The van der Waals surface area contributed by atoms with Crippen molar-refractivity contribution in [3.63, 3.8) is 0 Å². The van der Waals surface area contributed by atoms with Gasteiger partial charge in [-0.25, -0.2) is 12.7 Å². The van der Waals surface area contributed by atoms with Crippen LogP contribution in [0.4, 0.5) is 0 Å². The van der Waals surface area contributed by atoms with Gasteiger partial charge in [-0.15, -0.1) is 0 Å². The molecule has 0 saturated carbocycles. The molecule has 1 aromatic rings. The second kappa shape index (κ2) is 9.14. The normalized spacial score (nSPS) is 17.6. The van der Waals surface area contributed by atoms with E-state index in [0.29, 0.717) is 32.4 Å². The van der Waals surface area contributed by atoms with Crippen LogP contribution in [-0.2, 0) is 19.6 Å². The number of hydrogen-bond donors (Lipinski definition) is 2. The van der Waals surface area contributed by atoms with E-state index in [9.17, 15) is 18.0 Å². The summed E-state index contributed by atoms with van der Waals surface area (Å²) in [6, 6.07) is 8.93. The third-order valence-corrected chi connectivity index (χ3v) is 6.63. The zero-order valence-electron chi connectivity index (χ0n) is 14.9. The van der Waals surface area contributed by atoms with Crippen LogP contribution in [0.25, 0.3) is 0 Å². The van der Waals surface area contributed by atoms with Crippen LogP contribution < -0.4 is 5.32 Å². The number of benzene rings is 1. The molecule has 1 aliphatic heterocycles. The van der Waals surface area contributed by atoms with Crippen molar-refractivity contribution in [1.82, 2.24) is 9.62 Å². The molecule has 1 unspecified atom stereocenters. The summed E-state index contributed by atoms with van der Waals surface area (Å²) in [6.45, 7) is 2.31. The predicted octanol–water partition coefficient (Wildman–Crippen LogP) is 1.77.